The third kappa shape index (κ3) is 3.50. The van der Waals surface area contributed by atoms with Crippen molar-refractivity contribution in [1.82, 2.24) is 14.5 Å². The fourth-order valence-electron chi connectivity index (χ4n) is 2.10. The molecule has 0 aliphatic rings. The second-order valence-electron chi connectivity index (χ2n) is 4.90. The first-order valence-electron chi connectivity index (χ1n) is 6.96. The molecule has 0 bridgehead atoms. The molecule has 6 heteroatoms. The van der Waals surface area contributed by atoms with Crippen LogP contribution in [0.1, 0.15) is 30.3 Å². The summed E-state index contributed by atoms with van der Waals surface area (Å²) in [5, 5.41) is 3.29. The van der Waals surface area contributed by atoms with Gasteiger partial charge in [0.05, 0.1) is 16.7 Å². The summed E-state index contributed by atoms with van der Waals surface area (Å²) in [4.78, 5) is 20.5. The van der Waals surface area contributed by atoms with Crippen molar-refractivity contribution in [2.24, 2.45) is 0 Å². The highest BCUT2D eigenvalue weighted by Gasteiger charge is 2.11. The Bertz CT molecular complexity index is 697. The zero-order valence-electron chi connectivity index (χ0n) is 12.5. The van der Waals surface area contributed by atoms with Gasteiger partial charge in [0.1, 0.15) is 5.82 Å². The molecule has 0 unspecified atom stereocenters. The lowest BCUT2D eigenvalue weighted by atomic mass is 10.2. The number of halogens is 1. The normalized spacial score (nSPS) is 10.7. The Labute approximate surface area is 132 Å². The fraction of sp³-hybridized carbons (Fsp3) is 0.400. The fourth-order valence-corrected chi connectivity index (χ4v) is 2.40. The summed E-state index contributed by atoms with van der Waals surface area (Å²) in [6.07, 6.45) is 2.77. The zero-order valence-corrected chi connectivity index (χ0v) is 14.1. The third-order valence-corrected chi connectivity index (χ3v) is 4.44. The van der Waals surface area contributed by atoms with E-state index in [0.717, 1.165) is 34.5 Å². The van der Waals surface area contributed by atoms with E-state index in [2.05, 4.69) is 38.1 Å². The Morgan fingerprint density at radius 2 is 2.14 bits per heavy atom. The number of pyridine rings is 1. The summed E-state index contributed by atoms with van der Waals surface area (Å²) >= 11 is 3.48. The van der Waals surface area contributed by atoms with Gasteiger partial charge in [0, 0.05) is 24.0 Å². The summed E-state index contributed by atoms with van der Waals surface area (Å²) in [6.45, 7) is 7.15. The summed E-state index contributed by atoms with van der Waals surface area (Å²) < 4.78 is 2.53. The van der Waals surface area contributed by atoms with E-state index in [0.29, 0.717) is 12.2 Å². The van der Waals surface area contributed by atoms with E-state index < -0.39 is 0 Å². The lowest BCUT2D eigenvalue weighted by Gasteiger charge is -2.15. The molecule has 0 aliphatic heterocycles. The average Bonchev–Trinajstić information content (AvgIpc) is 2.48. The van der Waals surface area contributed by atoms with Gasteiger partial charge in [0.2, 0.25) is 0 Å². The molecule has 0 radical (unpaired) electrons. The molecule has 1 N–H and O–H groups in total. The molecule has 0 atom stereocenters. The molecule has 2 rings (SSSR count). The smallest absolute Gasteiger partial charge is 0.348 e. The highest BCUT2D eigenvalue weighted by Crippen LogP contribution is 2.19. The number of nitrogens with one attached hydrogen (secondary N) is 1. The minimum Gasteiger partial charge on any atom is -0.370 e. The van der Waals surface area contributed by atoms with Crippen LogP contribution in [0.3, 0.4) is 0 Å². The second kappa shape index (κ2) is 6.85. The minimum absolute atomic E-state index is 0.238. The first kappa shape index (κ1) is 15.7. The number of nitrogens with zero attached hydrogens (tertiary/aromatic N) is 3. The Morgan fingerprint density at radius 3 is 2.86 bits per heavy atom. The van der Waals surface area contributed by atoms with Crippen LogP contribution in [0.15, 0.2) is 27.6 Å². The molecule has 0 saturated heterocycles. The molecule has 0 amide bonds. The molecule has 2 aromatic heterocycles. The summed E-state index contributed by atoms with van der Waals surface area (Å²) in [5.41, 5.74) is 2.33. The maximum absolute atomic E-state index is 12.1. The van der Waals surface area contributed by atoms with Gasteiger partial charge in [-0.15, -0.1) is 0 Å². The van der Waals surface area contributed by atoms with E-state index in [1.54, 1.807) is 10.8 Å². The summed E-state index contributed by atoms with van der Waals surface area (Å²) in [5.74, 6) is 0.822. The van der Waals surface area contributed by atoms with Crippen LogP contribution in [0.4, 0.5) is 5.82 Å². The number of rotatable bonds is 5. The Kier molecular flexibility index (Phi) is 5.12. The monoisotopic (exact) mass is 350 g/mol. The van der Waals surface area contributed by atoms with Crippen LogP contribution in [-0.4, -0.2) is 21.1 Å². The number of aromatic nitrogens is 3. The zero-order chi connectivity index (χ0) is 15.4. The second-order valence-corrected chi connectivity index (χ2v) is 5.70. The van der Waals surface area contributed by atoms with Crippen molar-refractivity contribution in [2.45, 2.75) is 33.7 Å². The van der Waals surface area contributed by atoms with Gasteiger partial charge in [0.15, 0.2) is 0 Å². The third-order valence-electron chi connectivity index (χ3n) is 3.30. The van der Waals surface area contributed by atoms with Crippen LogP contribution in [0, 0.1) is 13.8 Å². The molecule has 0 fully saturated rings. The van der Waals surface area contributed by atoms with Crippen LogP contribution in [0.5, 0.6) is 0 Å². The standard InChI is InChI=1S/C15H19BrN4O/c1-4-7-17-14-12(6-5-8-18-14)9-20-11(3)13(16)10(2)19-15(20)21/h5-6,8H,4,7,9H2,1-3H3,(H,17,18). The maximum atomic E-state index is 12.1. The Balaban J connectivity index is 2.39. The quantitative estimate of drug-likeness (QED) is 0.900. The van der Waals surface area contributed by atoms with Crippen molar-refractivity contribution in [2.75, 3.05) is 11.9 Å². The molecule has 2 heterocycles. The molecule has 21 heavy (non-hydrogen) atoms. The number of hydrogen-bond acceptors (Lipinski definition) is 4. The number of hydrogen-bond donors (Lipinski definition) is 1. The first-order chi connectivity index (χ1) is 10.0. The van der Waals surface area contributed by atoms with Crippen molar-refractivity contribution in [3.63, 3.8) is 0 Å². The molecule has 2 aromatic rings. The Hall–Kier alpha value is -1.69. The lowest BCUT2D eigenvalue weighted by molar-refractivity contribution is 0.687. The molecular weight excluding hydrogens is 332 g/mol. The predicted octanol–water partition coefficient (Wildman–Crippen LogP) is 2.89. The molecule has 0 spiro atoms. The van der Waals surface area contributed by atoms with Crippen molar-refractivity contribution < 1.29 is 0 Å². The Morgan fingerprint density at radius 1 is 1.38 bits per heavy atom. The van der Waals surface area contributed by atoms with Crippen LogP contribution in [0.25, 0.3) is 0 Å². The lowest BCUT2D eigenvalue weighted by Crippen LogP contribution is -2.27. The van der Waals surface area contributed by atoms with Crippen molar-refractivity contribution in [1.29, 1.82) is 0 Å². The van der Waals surface area contributed by atoms with Gasteiger partial charge in [-0.25, -0.2) is 9.78 Å². The van der Waals surface area contributed by atoms with Gasteiger partial charge in [-0.1, -0.05) is 13.0 Å². The maximum Gasteiger partial charge on any atom is 0.348 e. The van der Waals surface area contributed by atoms with Gasteiger partial charge in [-0.3, -0.25) is 4.57 Å². The van der Waals surface area contributed by atoms with Crippen LogP contribution in [0.2, 0.25) is 0 Å². The summed E-state index contributed by atoms with van der Waals surface area (Å²) in [7, 11) is 0. The number of aryl methyl sites for hydroxylation is 1. The van der Waals surface area contributed by atoms with Gasteiger partial charge >= 0.3 is 5.69 Å². The molecular formula is C15H19BrN4O. The molecule has 5 nitrogen and oxygen atoms in total. The van der Waals surface area contributed by atoms with Gasteiger partial charge < -0.3 is 5.32 Å². The topological polar surface area (TPSA) is 59.8 Å². The first-order valence-corrected chi connectivity index (χ1v) is 7.75. The minimum atomic E-state index is -0.238. The SMILES string of the molecule is CCCNc1ncccc1Cn1c(C)c(Br)c(C)nc1=O. The van der Waals surface area contributed by atoms with Crippen LogP contribution in [-0.2, 0) is 6.54 Å². The van der Waals surface area contributed by atoms with Crippen LogP contribution < -0.4 is 11.0 Å². The van der Waals surface area contributed by atoms with Crippen molar-refractivity contribution in [3.05, 3.63) is 50.2 Å². The van der Waals surface area contributed by atoms with Crippen molar-refractivity contribution in [3.8, 4) is 0 Å². The molecule has 0 aromatic carbocycles. The van der Waals surface area contributed by atoms with Crippen LogP contribution >= 0.6 is 15.9 Å². The van der Waals surface area contributed by atoms with E-state index in [-0.39, 0.29) is 5.69 Å². The average molecular weight is 351 g/mol. The molecule has 0 aliphatic carbocycles. The van der Waals surface area contributed by atoms with Gasteiger partial charge in [0.25, 0.3) is 0 Å². The molecule has 0 saturated carbocycles. The predicted molar refractivity (Wildman–Crippen MR) is 87.8 cm³/mol. The molecule has 112 valence electrons. The highest BCUT2D eigenvalue weighted by molar-refractivity contribution is 9.10. The van der Waals surface area contributed by atoms with Gasteiger partial charge in [-0.2, -0.15) is 4.98 Å². The van der Waals surface area contributed by atoms with E-state index in [1.165, 1.54) is 0 Å². The highest BCUT2D eigenvalue weighted by atomic mass is 79.9. The van der Waals surface area contributed by atoms with E-state index >= 15 is 0 Å². The largest absolute Gasteiger partial charge is 0.370 e. The summed E-state index contributed by atoms with van der Waals surface area (Å²) in [6, 6.07) is 3.86. The van der Waals surface area contributed by atoms with E-state index in [9.17, 15) is 4.79 Å². The van der Waals surface area contributed by atoms with Crippen molar-refractivity contribution >= 4 is 21.7 Å². The van der Waals surface area contributed by atoms with E-state index in [1.807, 2.05) is 26.0 Å². The van der Waals surface area contributed by atoms with Gasteiger partial charge in [-0.05, 0) is 42.3 Å². The van der Waals surface area contributed by atoms with E-state index in [4.69, 9.17) is 0 Å². The number of anilines is 1.